The highest BCUT2D eigenvalue weighted by molar-refractivity contribution is 7.21. The van der Waals surface area contributed by atoms with E-state index in [0.717, 1.165) is 37.5 Å². The van der Waals surface area contributed by atoms with Gasteiger partial charge in [0.2, 0.25) is 0 Å². The zero-order chi connectivity index (χ0) is 14.8. The SMILES string of the molecule is O=C(O)c1sc2cccc(F)c2c1CNCC1CCOC1. The maximum Gasteiger partial charge on any atom is 0.346 e. The Morgan fingerprint density at radius 3 is 3.10 bits per heavy atom. The Morgan fingerprint density at radius 1 is 1.52 bits per heavy atom. The molecule has 2 aromatic rings. The van der Waals surface area contributed by atoms with Crippen LogP contribution in [-0.2, 0) is 11.3 Å². The maximum absolute atomic E-state index is 14.0. The molecule has 1 aliphatic rings. The molecule has 0 spiro atoms. The van der Waals surface area contributed by atoms with E-state index in [-0.39, 0.29) is 10.7 Å². The molecule has 2 heterocycles. The number of rotatable bonds is 5. The van der Waals surface area contributed by atoms with Crippen LogP contribution in [0.4, 0.5) is 4.39 Å². The van der Waals surface area contributed by atoms with E-state index in [1.807, 2.05) is 0 Å². The van der Waals surface area contributed by atoms with E-state index in [4.69, 9.17) is 4.74 Å². The van der Waals surface area contributed by atoms with Gasteiger partial charge in [-0.3, -0.25) is 0 Å². The van der Waals surface area contributed by atoms with Crippen molar-refractivity contribution in [1.82, 2.24) is 5.32 Å². The second-order valence-corrected chi connectivity index (χ2v) is 6.24. The van der Waals surface area contributed by atoms with Gasteiger partial charge in [0.05, 0.1) is 6.61 Å². The first-order valence-corrected chi connectivity index (χ1v) is 7.70. The Kier molecular flexibility index (Phi) is 4.19. The predicted octanol–water partition coefficient (Wildman–Crippen LogP) is 2.86. The second kappa shape index (κ2) is 6.09. The Morgan fingerprint density at radius 2 is 2.38 bits per heavy atom. The molecule has 1 fully saturated rings. The van der Waals surface area contributed by atoms with Gasteiger partial charge in [-0.2, -0.15) is 0 Å². The number of carbonyl (C=O) groups is 1. The average molecular weight is 309 g/mol. The molecule has 112 valence electrons. The zero-order valence-electron chi connectivity index (χ0n) is 11.4. The summed E-state index contributed by atoms with van der Waals surface area (Å²) in [6.45, 7) is 2.63. The third-order valence-corrected chi connectivity index (χ3v) is 4.90. The van der Waals surface area contributed by atoms with Gasteiger partial charge in [0.25, 0.3) is 0 Å². The minimum absolute atomic E-state index is 0.213. The third-order valence-electron chi connectivity index (χ3n) is 3.72. The lowest BCUT2D eigenvalue weighted by atomic mass is 10.1. The van der Waals surface area contributed by atoms with E-state index in [9.17, 15) is 14.3 Å². The van der Waals surface area contributed by atoms with Gasteiger partial charge in [-0.05, 0) is 24.5 Å². The summed E-state index contributed by atoms with van der Waals surface area (Å²) >= 11 is 1.12. The lowest BCUT2D eigenvalue weighted by molar-refractivity contribution is 0.0701. The Bertz CT molecular complexity index is 664. The van der Waals surface area contributed by atoms with E-state index in [1.165, 1.54) is 6.07 Å². The summed E-state index contributed by atoms with van der Waals surface area (Å²) in [5.41, 5.74) is 0.541. The van der Waals surface area contributed by atoms with E-state index in [2.05, 4.69) is 5.32 Å². The largest absolute Gasteiger partial charge is 0.477 e. The Hall–Kier alpha value is -1.50. The quantitative estimate of drug-likeness (QED) is 0.891. The van der Waals surface area contributed by atoms with Crippen LogP contribution in [-0.4, -0.2) is 30.8 Å². The van der Waals surface area contributed by atoms with Crippen LogP contribution in [0.5, 0.6) is 0 Å². The number of halogens is 1. The van der Waals surface area contributed by atoms with Crippen LogP contribution in [0.15, 0.2) is 18.2 Å². The molecule has 6 heteroatoms. The molecule has 1 aromatic carbocycles. The molecule has 0 aliphatic carbocycles. The minimum atomic E-state index is -1.00. The molecular formula is C15H16FNO3S. The third kappa shape index (κ3) is 2.92. The number of fused-ring (bicyclic) bond motifs is 1. The lowest BCUT2D eigenvalue weighted by Gasteiger charge is -2.09. The van der Waals surface area contributed by atoms with Crippen molar-refractivity contribution >= 4 is 27.4 Å². The first kappa shape index (κ1) is 14.4. The number of thiophene rings is 1. The summed E-state index contributed by atoms with van der Waals surface area (Å²) in [4.78, 5) is 11.6. The van der Waals surface area contributed by atoms with E-state index < -0.39 is 5.97 Å². The highest BCUT2D eigenvalue weighted by Gasteiger charge is 2.21. The molecule has 1 aliphatic heterocycles. The van der Waals surface area contributed by atoms with Crippen molar-refractivity contribution in [1.29, 1.82) is 0 Å². The Labute approximate surface area is 125 Å². The molecule has 0 saturated carbocycles. The fourth-order valence-electron chi connectivity index (χ4n) is 2.65. The summed E-state index contributed by atoms with van der Waals surface area (Å²) < 4.78 is 20.0. The number of carboxylic acids is 1. The molecule has 3 rings (SSSR count). The maximum atomic E-state index is 14.0. The fourth-order valence-corrected chi connectivity index (χ4v) is 3.73. The second-order valence-electron chi connectivity index (χ2n) is 5.19. The molecule has 1 aromatic heterocycles. The van der Waals surface area contributed by atoms with Crippen LogP contribution in [0, 0.1) is 11.7 Å². The molecule has 1 saturated heterocycles. The van der Waals surface area contributed by atoms with E-state index in [0.29, 0.717) is 28.1 Å². The van der Waals surface area contributed by atoms with E-state index >= 15 is 0 Å². The van der Waals surface area contributed by atoms with Gasteiger partial charge in [-0.1, -0.05) is 6.07 Å². The first-order valence-electron chi connectivity index (χ1n) is 6.88. The average Bonchev–Trinajstić information content (AvgIpc) is 3.07. The van der Waals surface area contributed by atoms with Gasteiger partial charge < -0.3 is 15.2 Å². The fraction of sp³-hybridized carbons (Fsp3) is 0.400. The van der Waals surface area contributed by atoms with Crippen molar-refractivity contribution < 1.29 is 19.0 Å². The van der Waals surface area contributed by atoms with Crippen LogP contribution < -0.4 is 5.32 Å². The summed E-state index contributed by atoms with van der Waals surface area (Å²) in [7, 11) is 0. The topological polar surface area (TPSA) is 58.6 Å². The molecular weight excluding hydrogens is 293 g/mol. The normalized spacial score (nSPS) is 18.4. The standard InChI is InChI=1S/C15H16FNO3S/c16-11-2-1-3-12-13(11)10(14(21-12)15(18)19)7-17-6-9-4-5-20-8-9/h1-3,9,17H,4-8H2,(H,18,19). The molecule has 21 heavy (non-hydrogen) atoms. The summed E-state index contributed by atoms with van der Waals surface area (Å²) in [5, 5.41) is 13.0. The first-order chi connectivity index (χ1) is 10.2. The van der Waals surface area contributed by atoms with Gasteiger partial charge in [-0.25, -0.2) is 9.18 Å². The van der Waals surface area contributed by atoms with Crippen molar-refractivity contribution in [2.45, 2.75) is 13.0 Å². The summed E-state index contributed by atoms with van der Waals surface area (Å²) in [5.74, 6) is -0.915. The van der Waals surface area contributed by atoms with Crippen LogP contribution in [0.3, 0.4) is 0 Å². The molecule has 1 atom stereocenters. The highest BCUT2D eigenvalue weighted by Crippen LogP contribution is 2.33. The summed E-state index contributed by atoms with van der Waals surface area (Å²) in [6, 6.07) is 4.73. The number of carboxylic acid groups (broad SMARTS) is 1. The summed E-state index contributed by atoms with van der Waals surface area (Å²) in [6.07, 6.45) is 1.01. The van der Waals surface area contributed by atoms with Crippen LogP contribution in [0.2, 0.25) is 0 Å². The molecule has 1 unspecified atom stereocenters. The highest BCUT2D eigenvalue weighted by atomic mass is 32.1. The van der Waals surface area contributed by atoms with Crippen LogP contribution in [0.1, 0.15) is 21.7 Å². The number of hydrogen-bond acceptors (Lipinski definition) is 4. The van der Waals surface area contributed by atoms with Crippen LogP contribution >= 0.6 is 11.3 Å². The minimum Gasteiger partial charge on any atom is -0.477 e. The van der Waals surface area contributed by atoms with Gasteiger partial charge in [-0.15, -0.1) is 11.3 Å². The van der Waals surface area contributed by atoms with Crippen molar-refractivity contribution in [2.24, 2.45) is 5.92 Å². The number of benzene rings is 1. The van der Waals surface area contributed by atoms with Crippen molar-refractivity contribution in [2.75, 3.05) is 19.8 Å². The number of nitrogens with one attached hydrogen (secondary N) is 1. The molecule has 4 nitrogen and oxygen atoms in total. The van der Waals surface area contributed by atoms with Gasteiger partial charge in [0, 0.05) is 35.3 Å². The zero-order valence-corrected chi connectivity index (χ0v) is 12.2. The Balaban J connectivity index is 1.84. The van der Waals surface area contributed by atoms with Crippen molar-refractivity contribution in [3.8, 4) is 0 Å². The van der Waals surface area contributed by atoms with Crippen molar-refractivity contribution in [3.05, 3.63) is 34.5 Å². The molecule has 2 N–H and O–H groups in total. The monoisotopic (exact) mass is 309 g/mol. The molecule has 0 bridgehead atoms. The van der Waals surface area contributed by atoms with Crippen molar-refractivity contribution in [3.63, 3.8) is 0 Å². The van der Waals surface area contributed by atoms with Gasteiger partial charge in [0.15, 0.2) is 0 Å². The van der Waals surface area contributed by atoms with Gasteiger partial charge >= 0.3 is 5.97 Å². The number of hydrogen-bond donors (Lipinski definition) is 2. The number of aromatic carboxylic acids is 1. The lowest BCUT2D eigenvalue weighted by Crippen LogP contribution is -2.23. The van der Waals surface area contributed by atoms with E-state index in [1.54, 1.807) is 12.1 Å². The smallest absolute Gasteiger partial charge is 0.346 e. The molecule has 0 radical (unpaired) electrons. The molecule has 0 amide bonds. The number of ether oxygens (including phenoxy) is 1. The predicted molar refractivity (Wildman–Crippen MR) is 79.4 cm³/mol. The van der Waals surface area contributed by atoms with Gasteiger partial charge in [0.1, 0.15) is 10.7 Å². The van der Waals surface area contributed by atoms with Crippen LogP contribution in [0.25, 0.3) is 10.1 Å².